The Kier molecular flexibility index (Phi) is 3.52. The maximum atomic E-state index is 11.6. The molecule has 1 aromatic heterocycles. The lowest BCUT2D eigenvalue weighted by Gasteiger charge is -2.05. The lowest BCUT2D eigenvalue weighted by atomic mass is 10.1. The molecule has 0 aliphatic rings. The molecule has 0 radical (unpaired) electrons. The summed E-state index contributed by atoms with van der Waals surface area (Å²) >= 11 is 0. The van der Waals surface area contributed by atoms with Crippen LogP contribution in [0.15, 0.2) is 36.5 Å². The normalized spacial score (nSPS) is 10.2. The molecule has 0 unspecified atom stereocenters. The zero-order chi connectivity index (χ0) is 12.1. The van der Waals surface area contributed by atoms with Crippen LogP contribution in [0, 0.1) is 0 Å². The van der Waals surface area contributed by atoms with E-state index in [-0.39, 0.29) is 5.91 Å². The van der Waals surface area contributed by atoms with Gasteiger partial charge in [0.25, 0.3) is 5.91 Å². The third-order valence-electron chi connectivity index (χ3n) is 2.43. The van der Waals surface area contributed by atoms with Crippen LogP contribution in [0.4, 0.5) is 0 Å². The maximum absolute atomic E-state index is 11.6. The molecule has 0 spiro atoms. The molecule has 0 bridgehead atoms. The summed E-state index contributed by atoms with van der Waals surface area (Å²) < 4.78 is 0. The number of nitrogens with two attached hydrogens (primary N) is 1. The maximum Gasteiger partial charge on any atom is 0.269 e. The summed E-state index contributed by atoms with van der Waals surface area (Å²) in [4.78, 5) is 11.6. The topological polar surface area (TPSA) is 83.8 Å². The van der Waals surface area contributed by atoms with E-state index in [0.717, 1.165) is 11.1 Å². The van der Waals surface area contributed by atoms with E-state index in [1.807, 2.05) is 24.3 Å². The van der Waals surface area contributed by atoms with Crippen molar-refractivity contribution in [2.45, 2.75) is 13.1 Å². The van der Waals surface area contributed by atoms with Crippen LogP contribution >= 0.6 is 0 Å². The smallest absolute Gasteiger partial charge is 0.269 e. The molecule has 17 heavy (non-hydrogen) atoms. The Morgan fingerprint density at radius 3 is 2.88 bits per heavy atom. The molecule has 0 aliphatic carbocycles. The second-order valence-corrected chi connectivity index (χ2v) is 3.68. The molecule has 0 atom stereocenters. The summed E-state index contributed by atoms with van der Waals surface area (Å²) in [7, 11) is 0. The number of benzene rings is 1. The fraction of sp³-hybridized carbons (Fsp3) is 0.167. The third kappa shape index (κ3) is 2.92. The van der Waals surface area contributed by atoms with Crippen LogP contribution < -0.4 is 11.1 Å². The molecule has 0 saturated carbocycles. The van der Waals surface area contributed by atoms with Crippen molar-refractivity contribution in [3.8, 4) is 0 Å². The molecule has 1 heterocycles. The van der Waals surface area contributed by atoms with Gasteiger partial charge in [0.1, 0.15) is 5.69 Å². The van der Waals surface area contributed by atoms with Crippen molar-refractivity contribution in [1.29, 1.82) is 0 Å². The number of aromatic nitrogens is 2. The van der Waals surface area contributed by atoms with E-state index in [2.05, 4.69) is 15.5 Å². The van der Waals surface area contributed by atoms with Crippen LogP contribution in [0.2, 0.25) is 0 Å². The number of hydrogen-bond donors (Lipinski definition) is 3. The Bertz CT molecular complexity index is 493. The zero-order valence-electron chi connectivity index (χ0n) is 9.31. The molecule has 88 valence electrons. The number of rotatable bonds is 4. The summed E-state index contributed by atoms with van der Waals surface area (Å²) in [5, 5.41) is 9.14. The van der Waals surface area contributed by atoms with Gasteiger partial charge in [0, 0.05) is 19.3 Å². The Balaban J connectivity index is 1.95. The first-order valence-corrected chi connectivity index (χ1v) is 5.35. The first-order valence-electron chi connectivity index (χ1n) is 5.35. The van der Waals surface area contributed by atoms with E-state index in [4.69, 9.17) is 5.73 Å². The summed E-state index contributed by atoms with van der Waals surface area (Å²) in [6.07, 6.45) is 1.55. The largest absolute Gasteiger partial charge is 0.347 e. The van der Waals surface area contributed by atoms with Gasteiger partial charge >= 0.3 is 0 Å². The molecule has 5 heteroatoms. The second kappa shape index (κ2) is 5.27. The van der Waals surface area contributed by atoms with Crippen molar-refractivity contribution in [2.24, 2.45) is 5.73 Å². The van der Waals surface area contributed by atoms with Gasteiger partial charge in [-0.2, -0.15) is 5.10 Å². The van der Waals surface area contributed by atoms with E-state index in [1.54, 1.807) is 12.3 Å². The van der Waals surface area contributed by atoms with Crippen molar-refractivity contribution in [2.75, 3.05) is 0 Å². The van der Waals surface area contributed by atoms with Gasteiger partial charge in [-0.1, -0.05) is 24.3 Å². The number of aromatic amines is 1. The third-order valence-corrected chi connectivity index (χ3v) is 2.43. The predicted molar refractivity (Wildman–Crippen MR) is 64.1 cm³/mol. The van der Waals surface area contributed by atoms with Gasteiger partial charge in [-0.3, -0.25) is 9.89 Å². The van der Waals surface area contributed by atoms with E-state index in [0.29, 0.717) is 18.8 Å². The highest BCUT2D eigenvalue weighted by molar-refractivity contribution is 5.91. The van der Waals surface area contributed by atoms with Gasteiger partial charge in [-0.05, 0) is 17.2 Å². The summed E-state index contributed by atoms with van der Waals surface area (Å²) in [6.45, 7) is 0.980. The number of H-pyrrole nitrogens is 1. The van der Waals surface area contributed by atoms with Crippen LogP contribution in [0.5, 0.6) is 0 Å². The molecule has 1 aromatic carbocycles. The SMILES string of the molecule is NCc1cccc(CNC(=O)c2ccn[nH]2)c1. The van der Waals surface area contributed by atoms with Crippen molar-refractivity contribution in [3.05, 3.63) is 53.3 Å². The molecule has 2 aromatic rings. The zero-order valence-corrected chi connectivity index (χ0v) is 9.31. The number of hydrogen-bond acceptors (Lipinski definition) is 3. The minimum Gasteiger partial charge on any atom is -0.347 e. The van der Waals surface area contributed by atoms with Gasteiger partial charge in [-0.15, -0.1) is 0 Å². The lowest BCUT2D eigenvalue weighted by Crippen LogP contribution is -2.23. The molecule has 0 aliphatic heterocycles. The molecule has 5 nitrogen and oxygen atoms in total. The number of nitrogens with zero attached hydrogens (tertiary/aromatic N) is 1. The summed E-state index contributed by atoms with van der Waals surface area (Å²) in [5.74, 6) is -0.166. The summed E-state index contributed by atoms with van der Waals surface area (Å²) in [6, 6.07) is 9.45. The van der Waals surface area contributed by atoms with Gasteiger partial charge in [0.05, 0.1) is 0 Å². The lowest BCUT2D eigenvalue weighted by molar-refractivity contribution is 0.0946. The van der Waals surface area contributed by atoms with E-state index < -0.39 is 0 Å². The highest BCUT2D eigenvalue weighted by atomic mass is 16.1. The first kappa shape index (κ1) is 11.3. The second-order valence-electron chi connectivity index (χ2n) is 3.68. The predicted octanol–water partition coefficient (Wildman–Crippen LogP) is 0.798. The molecular weight excluding hydrogens is 216 g/mol. The fourth-order valence-electron chi connectivity index (χ4n) is 1.53. The van der Waals surface area contributed by atoms with Crippen LogP contribution in [0.1, 0.15) is 21.6 Å². The number of carbonyl (C=O) groups is 1. The van der Waals surface area contributed by atoms with Gasteiger partial charge in [0.2, 0.25) is 0 Å². The highest BCUT2D eigenvalue weighted by Crippen LogP contribution is 2.04. The minimum absolute atomic E-state index is 0.166. The molecule has 1 amide bonds. The standard InChI is InChI=1S/C12H14N4O/c13-7-9-2-1-3-10(6-9)8-14-12(17)11-4-5-15-16-11/h1-6H,7-8,13H2,(H,14,17)(H,15,16). The number of carbonyl (C=O) groups excluding carboxylic acids is 1. The Morgan fingerprint density at radius 2 is 2.18 bits per heavy atom. The first-order chi connectivity index (χ1) is 8.29. The monoisotopic (exact) mass is 230 g/mol. The number of nitrogens with one attached hydrogen (secondary N) is 2. The Labute approximate surface area is 99.0 Å². The van der Waals surface area contributed by atoms with Crippen molar-refractivity contribution in [1.82, 2.24) is 15.5 Å². The average molecular weight is 230 g/mol. The fourth-order valence-corrected chi connectivity index (χ4v) is 1.53. The van der Waals surface area contributed by atoms with E-state index in [1.165, 1.54) is 0 Å². The molecule has 4 N–H and O–H groups in total. The van der Waals surface area contributed by atoms with Crippen molar-refractivity contribution in [3.63, 3.8) is 0 Å². The van der Waals surface area contributed by atoms with Crippen LogP contribution in [-0.4, -0.2) is 16.1 Å². The van der Waals surface area contributed by atoms with Gasteiger partial charge in [-0.25, -0.2) is 0 Å². The van der Waals surface area contributed by atoms with Gasteiger partial charge < -0.3 is 11.1 Å². The van der Waals surface area contributed by atoms with E-state index >= 15 is 0 Å². The average Bonchev–Trinajstić information content (AvgIpc) is 2.90. The Hall–Kier alpha value is -2.14. The van der Waals surface area contributed by atoms with Crippen LogP contribution in [-0.2, 0) is 13.1 Å². The summed E-state index contributed by atoms with van der Waals surface area (Å²) in [5.41, 5.74) is 8.09. The molecule has 2 rings (SSSR count). The molecule has 0 fully saturated rings. The number of amides is 1. The van der Waals surface area contributed by atoms with Crippen molar-refractivity contribution >= 4 is 5.91 Å². The van der Waals surface area contributed by atoms with Crippen molar-refractivity contribution < 1.29 is 4.79 Å². The highest BCUT2D eigenvalue weighted by Gasteiger charge is 2.05. The Morgan fingerprint density at radius 1 is 1.35 bits per heavy atom. The van der Waals surface area contributed by atoms with Gasteiger partial charge in [0.15, 0.2) is 0 Å². The van der Waals surface area contributed by atoms with Crippen LogP contribution in [0.25, 0.3) is 0 Å². The quantitative estimate of drug-likeness (QED) is 0.726. The minimum atomic E-state index is -0.166. The van der Waals surface area contributed by atoms with E-state index in [9.17, 15) is 4.79 Å². The molecular formula is C12H14N4O. The van der Waals surface area contributed by atoms with Crippen LogP contribution in [0.3, 0.4) is 0 Å². The molecule has 0 saturated heterocycles.